The van der Waals surface area contributed by atoms with E-state index in [2.05, 4.69) is 9.80 Å². The van der Waals surface area contributed by atoms with Crippen molar-refractivity contribution in [1.82, 2.24) is 9.80 Å². The van der Waals surface area contributed by atoms with E-state index in [4.69, 9.17) is 10.5 Å². The number of nitrogen functional groups attached to an aromatic ring is 1. The number of carbonyl (C=O) groups excluding carboxylic acids is 1. The maximum atomic E-state index is 14.3. The van der Waals surface area contributed by atoms with Crippen molar-refractivity contribution >= 4 is 17.3 Å². The summed E-state index contributed by atoms with van der Waals surface area (Å²) in [7, 11) is 0. The smallest absolute Gasteiger partial charge is 0.254 e. The molecule has 0 bridgehead atoms. The first-order chi connectivity index (χ1) is 14.2. The van der Waals surface area contributed by atoms with Crippen LogP contribution in [0.5, 0.6) is 0 Å². The first-order valence-electron chi connectivity index (χ1n) is 10.9. The fourth-order valence-electron chi connectivity index (χ4n) is 4.68. The molecule has 3 heterocycles. The van der Waals surface area contributed by atoms with Gasteiger partial charge in [-0.05, 0) is 44.4 Å². The molecular weight excluding hydrogens is 387 g/mol. The van der Waals surface area contributed by atoms with Crippen LogP contribution in [-0.2, 0) is 11.3 Å². The van der Waals surface area contributed by atoms with Crippen LogP contribution in [0.3, 0.4) is 0 Å². The van der Waals surface area contributed by atoms with Gasteiger partial charge >= 0.3 is 0 Å². The molecule has 2 fully saturated rings. The number of hydrogen-bond donors (Lipinski definition) is 2. The summed E-state index contributed by atoms with van der Waals surface area (Å²) >= 11 is 0. The van der Waals surface area contributed by atoms with Crippen molar-refractivity contribution in [1.29, 1.82) is 0 Å². The van der Waals surface area contributed by atoms with Crippen LogP contribution in [-0.4, -0.2) is 84.6 Å². The second-order valence-corrected chi connectivity index (χ2v) is 9.24. The third-order valence-corrected chi connectivity index (χ3v) is 6.65. The number of aliphatic hydroxyl groups is 1. The Labute approximate surface area is 177 Å². The van der Waals surface area contributed by atoms with Crippen molar-refractivity contribution in [2.45, 2.75) is 51.0 Å². The minimum atomic E-state index is -1.51. The Hall–Kier alpha value is -1.90. The van der Waals surface area contributed by atoms with Gasteiger partial charge in [-0.15, -0.1) is 0 Å². The van der Waals surface area contributed by atoms with Crippen molar-refractivity contribution in [3.8, 4) is 0 Å². The van der Waals surface area contributed by atoms with Gasteiger partial charge in [0.15, 0.2) is 0 Å². The number of ether oxygens (including phenoxy) is 1. The molecule has 166 valence electrons. The quantitative estimate of drug-likeness (QED) is 0.705. The van der Waals surface area contributed by atoms with Gasteiger partial charge in [0, 0.05) is 44.3 Å². The molecule has 1 atom stereocenters. The molecule has 3 aliphatic heterocycles. The minimum absolute atomic E-state index is 0.128. The molecule has 4 rings (SSSR count). The summed E-state index contributed by atoms with van der Waals surface area (Å²) in [4.78, 5) is 19.1. The molecule has 3 N–H and O–H groups in total. The highest BCUT2D eigenvalue weighted by atomic mass is 19.1. The molecule has 0 aromatic heterocycles. The maximum Gasteiger partial charge on any atom is 0.254 e. The standard InChI is InChI=1S/C22H33FN4O3/c1-22(2,29)20(23)14-27-13-15-11-18(24)19(12-17(15)21(27)28)26-5-3-16(4-6-26)25-7-9-30-10-8-25/h11-12,16,20,29H,3-10,13-14,24H2,1-2H3/t20-/m1/s1. The normalized spacial score (nSPS) is 22.5. The van der Waals surface area contributed by atoms with Gasteiger partial charge in [-0.2, -0.15) is 0 Å². The Morgan fingerprint density at radius 1 is 1.23 bits per heavy atom. The van der Waals surface area contributed by atoms with Crippen LogP contribution in [0, 0.1) is 0 Å². The summed E-state index contributed by atoms with van der Waals surface area (Å²) in [5.74, 6) is -0.193. The van der Waals surface area contributed by atoms with Crippen LogP contribution in [0.25, 0.3) is 0 Å². The number of nitrogens with two attached hydrogens (primary N) is 1. The first kappa shape index (κ1) is 21.3. The summed E-state index contributed by atoms with van der Waals surface area (Å²) in [6.45, 7) is 8.44. The van der Waals surface area contributed by atoms with E-state index in [0.717, 1.165) is 63.5 Å². The molecule has 0 aliphatic carbocycles. The van der Waals surface area contributed by atoms with Crippen LogP contribution in [0.15, 0.2) is 12.1 Å². The molecule has 0 saturated carbocycles. The highest BCUT2D eigenvalue weighted by Crippen LogP contribution is 2.35. The third-order valence-electron chi connectivity index (χ3n) is 6.65. The fraction of sp³-hybridized carbons (Fsp3) is 0.682. The number of hydrogen-bond acceptors (Lipinski definition) is 6. The number of fused-ring (bicyclic) bond motifs is 1. The first-order valence-corrected chi connectivity index (χ1v) is 10.9. The Morgan fingerprint density at radius 2 is 1.90 bits per heavy atom. The monoisotopic (exact) mass is 420 g/mol. The number of benzene rings is 1. The highest BCUT2D eigenvalue weighted by molar-refractivity contribution is 6.00. The molecule has 30 heavy (non-hydrogen) atoms. The topological polar surface area (TPSA) is 82.3 Å². The molecule has 0 spiro atoms. The predicted octanol–water partition coefficient (Wildman–Crippen LogP) is 1.63. The number of nitrogens with zero attached hydrogens (tertiary/aromatic N) is 3. The number of anilines is 2. The molecular formula is C22H33FN4O3. The average molecular weight is 421 g/mol. The molecule has 3 aliphatic rings. The zero-order valence-electron chi connectivity index (χ0n) is 17.9. The number of halogens is 1. The van der Waals surface area contributed by atoms with Gasteiger partial charge in [0.1, 0.15) is 6.17 Å². The van der Waals surface area contributed by atoms with Crippen molar-refractivity contribution in [3.63, 3.8) is 0 Å². The minimum Gasteiger partial charge on any atom is -0.397 e. The lowest BCUT2D eigenvalue weighted by molar-refractivity contribution is -0.0159. The number of morpholine rings is 1. The van der Waals surface area contributed by atoms with Crippen molar-refractivity contribution in [2.75, 3.05) is 56.6 Å². The Bertz CT molecular complexity index is 783. The SMILES string of the molecule is CC(C)(O)[C@H](F)CN1Cc2cc(N)c(N3CCC(N4CCOCC4)CC3)cc2C1=O. The van der Waals surface area contributed by atoms with E-state index >= 15 is 0 Å². The molecule has 2 saturated heterocycles. The second kappa shape index (κ2) is 8.32. The fourth-order valence-corrected chi connectivity index (χ4v) is 4.68. The molecule has 1 aromatic rings. The highest BCUT2D eigenvalue weighted by Gasteiger charge is 2.35. The Balaban J connectivity index is 1.43. The second-order valence-electron chi connectivity index (χ2n) is 9.24. The zero-order chi connectivity index (χ0) is 21.5. The third kappa shape index (κ3) is 4.26. The lowest BCUT2D eigenvalue weighted by Gasteiger charge is -2.41. The van der Waals surface area contributed by atoms with Crippen LogP contribution in [0.1, 0.15) is 42.6 Å². The van der Waals surface area contributed by atoms with Crippen molar-refractivity contribution in [2.24, 2.45) is 0 Å². The van der Waals surface area contributed by atoms with E-state index in [1.54, 1.807) is 0 Å². The van der Waals surface area contributed by atoms with Crippen LogP contribution >= 0.6 is 0 Å². The molecule has 0 unspecified atom stereocenters. The lowest BCUT2D eigenvalue weighted by atomic mass is 10.0. The molecule has 1 aromatic carbocycles. The lowest BCUT2D eigenvalue weighted by Crippen LogP contribution is -2.49. The summed E-state index contributed by atoms with van der Waals surface area (Å²) in [5, 5.41) is 9.87. The summed E-state index contributed by atoms with van der Waals surface area (Å²) < 4.78 is 19.8. The Morgan fingerprint density at radius 3 is 2.53 bits per heavy atom. The van der Waals surface area contributed by atoms with Crippen molar-refractivity contribution < 1.29 is 19.0 Å². The van der Waals surface area contributed by atoms with Crippen LogP contribution < -0.4 is 10.6 Å². The largest absolute Gasteiger partial charge is 0.397 e. The van der Waals surface area contributed by atoms with Gasteiger partial charge in [-0.1, -0.05) is 0 Å². The molecule has 0 radical (unpaired) electrons. The molecule has 8 heteroatoms. The summed E-state index contributed by atoms with van der Waals surface area (Å²) in [6, 6.07) is 4.30. The summed E-state index contributed by atoms with van der Waals surface area (Å²) in [5.41, 5.74) is 7.84. The van der Waals surface area contributed by atoms with E-state index in [0.29, 0.717) is 23.8 Å². The summed E-state index contributed by atoms with van der Waals surface area (Å²) in [6.07, 6.45) is 0.615. The van der Waals surface area contributed by atoms with Gasteiger partial charge in [0.05, 0.1) is 36.7 Å². The predicted molar refractivity (Wildman–Crippen MR) is 114 cm³/mol. The average Bonchev–Trinajstić information content (AvgIpc) is 3.02. The number of carbonyl (C=O) groups is 1. The van der Waals surface area contributed by atoms with Gasteiger partial charge in [-0.25, -0.2) is 4.39 Å². The van der Waals surface area contributed by atoms with Gasteiger partial charge in [0.25, 0.3) is 5.91 Å². The van der Waals surface area contributed by atoms with Gasteiger partial charge in [-0.3, -0.25) is 9.69 Å². The van der Waals surface area contributed by atoms with E-state index in [1.807, 2.05) is 12.1 Å². The van der Waals surface area contributed by atoms with E-state index in [1.165, 1.54) is 18.7 Å². The Kier molecular flexibility index (Phi) is 5.92. The van der Waals surface area contributed by atoms with E-state index in [-0.39, 0.29) is 12.5 Å². The maximum absolute atomic E-state index is 14.3. The van der Waals surface area contributed by atoms with Gasteiger partial charge in [0.2, 0.25) is 0 Å². The zero-order valence-corrected chi connectivity index (χ0v) is 17.9. The molecule has 1 amide bonds. The molecule has 7 nitrogen and oxygen atoms in total. The van der Waals surface area contributed by atoms with Gasteiger partial charge < -0.3 is 25.4 Å². The van der Waals surface area contributed by atoms with E-state index < -0.39 is 11.8 Å². The number of alkyl halides is 1. The van der Waals surface area contributed by atoms with Crippen LogP contribution in [0.4, 0.5) is 15.8 Å². The number of amides is 1. The number of rotatable bonds is 5. The number of piperidine rings is 1. The van der Waals surface area contributed by atoms with E-state index in [9.17, 15) is 14.3 Å². The van der Waals surface area contributed by atoms with Crippen molar-refractivity contribution in [3.05, 3.63) is 23.3 Å². The van der Waals surface area contributed by atoms with Crippen LogP contribution in [0.2, 0.25) is 0 Å².